The molecule has 0 saturated heterocycles. The van der Waals surface area contributed by atoms with Gasteiger partial charge in [-0.15, -0.1) is 0 Å². The third-order valence-corrected chi connectivity index (χ3v) is 3.96. The van der Waals surface area contributed by atoms with Crippen LogP contribution in [0.4, 0.5) is 0 Å². The zero-order valence-electron chi connectivity index (χ0n) is 11.0. The maximum absolute atomic E-state index is 10.6. The molecule has 1 saturated carbocycles. The molecular weight excluding hydrogens is 198 g/mol. The average Bonchev–Trinajstić information content (AvgIpc) is 2.20. The lowest BCUT2D eigenvalue weighted by Gasteiger charge is -2.36. The van der Waals surface area contributed by atoms with Crippen molar-refractivity contribution in [2.75, 3.05) is 0 Å². The molecule has 0 aromatic carbocycles. The van der Waals surface area contributed by atoms with E-state index in [1.54, 1.807) is 0 Å². The first-order valence-electron chi connectivity index (χ1n) is 7.02. The van der Waals surface area contributed by atoms with Gasteiger partial charge in [0, 0.05) is 6.04 Å². The summed E-state index contributed by atoms with van der Waals surface area (Å²) in [4.78, 5) is 0. The molecule has 0 spiro atoms. The van der Waals surface area contributed by atoms with Gasteiger partial charge in [-0.1, -0.05) is 46.0 Å². The maximum atomic E-state index is 10.6. The molecule has 0 heterocycles. The van der Waals surface area contributed by atoms with E-state index in [0.29, 0.717) is 5.92 Å². The van der Waals surface area contributed by atoms with E-state index in [0.717, 1.165) is 38.5 Å². The Balaban J connectivity index is 2.44. The normalized spacial score (nSPS) is 23.8. The van der Waals surface area contributed by atoms with Crippen LogP contribution in [-0.4, -0.2) is 16.7 Å². The van der Waals surface area contributed by atoms with E-state index in [9.17, 15) is 5.11 Å². The molecule has 1 atom stereocenters. The Morgan fingerprint density at radius 1 is 1.00 bits per heavy atom. The van der Waals surface area contributed by atoms with E-state index >= 15 is 0 Å². The molecule has 0 bridgehead atoms. The molecule has 3 N–H and O–H groups in total. The molecule has 2 nitrogen and oxygen atoms in total. The summed E-state index contributed by atoms with van der Waals surface area (Å²) in [6.07, 6.45) is 10.1. The van der Waals surface area contributed by atoms with Crippen molar-refractivity contribution in [2.45, 2.75) is 83.3 Å². The number of rotatable bonds is 4. The highest BCUT2D eigenvalue weighted by molar-refractivity contribution is 4.90. The fourth-order valence-corrected chi connectivity index (χ4v) is 2.67. The van der Waals surface area contributed by atoms with Crippen LogP contribution in [0.2, 0.25) is 0 Å². The highest BCUT2D eigenvalue weighted by Gasteiger charge is 2.33. The van der Waals surface area contributed by atoms with Crippen LogP contribution in [0.25, 0.3) is 0 Å². The molecule has 1 unspecified atom stereocenters. The van der Waals surface area contributed by atoms with Crippen LogP contribution in [-0.2, 0) is 0 Å². The van der Waals surface area contributed by atoms with E-state index in [1.807, 2.05) is 0 Å². The largest absolute Gasteiger partial charge is 0.388 e. The Morgan fingerprint density at radius 2 is 1.50 bits per heavy atom. The van der Waals surface area contributed by atoms with Crippen LogP contribution in [0, 0.1) is 5.92 Å². The predicted octanol–water partition coefficient (Wildman–Crippen LogP) is 3.23. The second-order valence-electron chi connectivity index (χ2n) is 5.95. The second kappa shape index (κ2) is 6.61. The summed E-state index contributed by atoms with van der Waals surface area (Å²) in [5, 5.41) is 10.6. The maximum Gasteiger partial charge on any atom is 0.0797 e. The number of aliphatic hydroxyl groups is 1. The molecule has 1 rings (SSSR count). The van der Waals surface area contributed by atoms with Gasteiger partial charge in [-0.25, -0.2) is 0 Å². The number of hydrogen-bond acceptors (Lipinski definition) is 2. The quantitative estimate of drug-likeness (QED) is 0.774. The molecule has 2 heteroatoms. The fourth-order valence-electron chi connectivity index (χ4n) is 2.67. The lowest BCUT2D eigenvalue weighted by Crippen LogP contribution is -2.48. The van der Waals surface area contributed by atoms with Crippen molar-refractivity contribution < 1.29 is 5.11 Å². The first-order chi connectivity index (χ1) is 7.54. The average molecular weight is 227 g/mol. The zero-order chi connectivity index (χ0) is 12.0. The first kappa shape index (κ1) is 14.0. The monoisotopic (exact) mass is 227 g/mol. The Labute approximate surface area is 101 Å². The zero-order valence-corrected chi connectivity index (χ0v) is 11.0. The van der Waals surface area contributed by atoms with Crippen LogP contribution >= 0.6 is 0 Å². The van der Waals surface area contributed by atoms with E-state index in [1.165, 1.54) is 19.3 Å². The van der Waals surface area contributed by atoms with Crippen LogP contribution in [0.5, 0.6) is 0 Å². The molecule has 0 aromatic rings. The van der Waals surface area contributed by atoms with Gasteiger partial charge in [-0.2, -0.15) is 0 Å². The second-order valence-corrected chi connectivity index (χ2v) is 5.95. The molecule has 96 valence electrons. The highest BCUT2D eigenvalue weighted by atomic mass is 16.3. The SMILES string of the molecule is CC(C)CCC(N)C1(O)CCCCCCC1. The molecule has 1 aliphatic carbocycles. The lowest BCUT2D eigenvalue weighted by atomic mass is 9.79. The Bertz CT molecular complexity index is 183. The summed E-state index contributed by atoms with van der Waals surface area (Å²) in [6.45, 7) is 4.43. The molecule has 0 aliphatic heterocycles. The third kappa shape index (κ3) is 4.42. The van der Waals surface area contributed by atoms with Gasteiger partial charge < -0.3 is 10.8 Å². The van der Waals surface area contributed by atoms with E-state index < -0.39 is 5.60 Å². The minimum Gasteiger partial charge on any atom is -0.388 e. The lowest BCUT2D eigenvalue weighted by molar-refractivity contribution is -0.0135. The standard InChI is InChI=1S/C14H29NO/c1-12(2)8-9-13(15)14(16)10-6-4-3-5-7-11-14/h12-13,16H,3-11,15H2,1-2H3. The van der Waals surface area contributed by atoms with Gasteiger partial charge in [-0.3, -0.25) is 0 Å². The van der Waals surface area contributed by atoms with Gasteiger partial charge in [0.15, 0.2) is 0 Å². The smallest absolute Gasteiger partial charge is 0.0797 e. The summed E-state index contributed by atoms with van der Waals surface area (Å²) in [5.41, 5.74) is 5.63. The van der Waals surface area contributed by atoms with Crippen molar-refractivity contribution >= 4 is 0 Å². The van der Waals surface area contributed by atoms with Crippen molar-refractivity contribution in [2.24, 2.45) is 11.7 Å². The molecule has 0 aromatic heterocycles. The minimum atomic E-state index is -0.574. The van der Waals surface area contributed by atoms with Crippen molar-refractivity contribution in [3.05, 3.63) is 0 Å². The van der Waals surface area contributed by atoms with Crippen molar-refractivity contribution in [3.8, 4) is 0 Å². The number of nitrogens with two attached hydrogens (primary N) is 1. The van der Waals surface area contributed by atoms with Crippen molar-refractivity contribution in [1.82, 2.24) is 0 Å². The summed E-state index contributed by atoms with van der Waals surface area (Å²) in [5.74, 6) is 0.684. The molecule has 1 aliphatic rings. The van der Waals surface area contributed by atoms with Gasteiger partial charge >= 0.3 is 0 Å². The topological polar surface area (TPSA) is 46.2 Å². The third-order valence-electron chi connectivity index (χ3n) is 3.96. The summed E-state index contributed by atoms with van der Waals surface area (Å²) >= 11 is 0. The predicted molar refractivity (Wildman–Crippen MR) is 69.3 cm³/mol. The van der Waals surface area contributed by atoms with Gasteiger partial charge in [0.25, 0.3) is 0 Å². The molecule has 1 fully saturated rings. The first-order valence-corrected chi connectivity index (χ1v) is 7.02. The van der Waals surface area contributed by atoms with Crippen LogP contribution in [0.3, 0.4) is 0 Å². The molecule has 0 radical (unpaired) electrons. The van der Waals surface area contributed by atoms with E-state index in [4.69, 9.17) is 5.73 Å². The highest BCUT2D eigenvalue weighted by Crippen LogP contribution is 2.30. The molecule has 0 amide bonds. The molecule has 16 heavy (non-hydrogen) atoms. The minimum absolute atomic E-state index is 0.0204. The Morgan fingerprint density at radius 3 is 2.00 bits per heavy atom. The Kier molecular flexibility index (Phi) is 5.77. The van der Waals surface area contributed by atoms with Gasteiger partial charge in [0.05, 0.1) is 5.60 Å². The van der Waals surface area contributed by atoms with Gasteiger partial charge in [-0.05, 0) is 31.6 Å². The Hall–Kier alpha value is -0.0800. The van der Waals surface area contributed by atoms with Gasteiger partial charge in [0.2, 0.25) is 0 Å². The molecular formula is C14H29NO. The van der Waals surface area contributed by atoms with Gasteiger partial charge in [0.1, 0.15) is 0 Å². The number of hydrogen-bond donors (Lipinski definition) is 2. The van der Waals surface area contributed by atoms with Crippen molar-refractivity contribution in [1.29, 1.82) is 0 Å². The summed E-state index contributed by atoms with van der Waals surface area (Å²) in [6, 6.07) is -0.0204. The van der Waals surface area contributed by atoms with E-state index in [-0.39, 0.29) is 6.04 Å². The van der Waals surface area contributed by atoms with E-state index in [2.05, 4.69) is 13.8 Å². The summed E-state index contributed by atoms with van der Waals surface area (Å²) in [7, 11) is 0. The van der Waals surface area contributed by atoms with Crippen LogP contribution in [0.15, 0.2) is 0 Å². The van der Waals surface area contributed by atoms with Crippen LogP contribution in [0.1, 0.15) is 71.6 Å². The fraction of sp³-hybridized carbons (Fsp3) is 1.00. The van der Waals surface area contributed by atoms with Crippen molar-refractivity contribution in [3.63, 3.8) is 0 Å². The van der Waals surface area contributed by atoms with Crippen LogP contribution < -0.4 is 5.73 Å². The summed E-state index contributed by atoms with van der Waals surface area (Å²) < 4.78 is 0.